The number of rotatable bonds is 13. The summed E-state index contributed by atoms with van der Waals surface area (Å²) in [7, 11) is -1.67. The molecule has 2 aromatic rings. The first kappa shape index (κ1) is 33.3. The highest BCUT2D eigenvalue weighted by Gasteiger charge is 2.37. The number of hydrogen-bond acceptors (Lipinski definition) is 6. The van der Waals surface area contributed by atoms with E-state index >= 15 is 0 Å². The van der Waals surface area contributed by atoms with E-state index in [-0.39, 0.29) is 28.7 Å². The number of halogens is 1. The van der Waals surface area contributed by atoms with Crippen molar-refractivity contribution in [2.75, 3.05) is 25.1 Å². The lowest BCUT2D eigenvalue weighted by Crippen LogP contribution is -2.42. The van der Waals surface area contributed by atoms with E-state index in [1.54, 1.807) is 31.2 Å². The van der Waals surface area contributed by atoms with E-state index in [4.69, 9.17) is 21.5 Å². The van der Waals surface area contributed by atoms with Crippen LogP contribution < -0.4 is 14.8 Å². The number of fused-ring (bicyclic) bond motifs is 1. The molecule has 6 atom stereocenters. The molecule has 0 aliphatic heterocycles. The molecule has 43 heavy (non-hydrogen) atoms. The van der Waals surface area contributed by atoms with Gasteiger partial charge in [0.1, 0.15) is 5.75 Å². The summed E-state index contributed by atoms with van der Waals surface area (Å²) in [5, 5.41) is 25.9. The van der Waals surface area contributed by atoms with Crippen LogP contribution in [0.15, 0.2) is 48.6 Å². The number of carboxylic acids is 1. The molecule has 0 saturated heterocycles. The Hall–Kier alpha value is -2.59. The molecule has 2 aromatic carbocycles. The second-order valence-electron chi connectivity index (χ2n) is 12.8. The van der Waals surface area contributed by atoms with Crippen LogP contribution in [0, 0.1) is 17.8 Å². The molecule has 0 spiro atoms. The third-order valence-corrected chi connectivity index (χ3v) is 11.4. The standard InChI is InChI=1S/C33H45ClN2O6S/c1-21(22(2)43(35,40)41)7-5-9-30(37)27-13-10-25(27)19-36(4)29-18-24(32(38)39)11-15-31(29)42-20-33(3)16-6-8-23-17-26(34)12-14-28(23)33/h5,9,11-12,14-15,17-18,21-22,25,27,30,37H,6-8,10,13,16,19-20H2,1-4H3,(H,38,39)(H2,35,40,41)/b9-5+/t21-,22-,25+,27-,30+,33-/m1/s1. The summed E-state index contributed by atoms with van der Waals surface area (Å²) >= 11 is 6.26. The van der Waals surface area contributed by atoms with Gasteiger partial charge < -0.3 is 19.8 Å². The zero-order valence-corrected chi connectivity index (χ0v) is 27.1. The number of aliphatic hydroxyl groups excluding tert-OH is 1. The smallest absolute Gasteiger partial charge is 0.335 e. The number of nitrogens with two attached hydrogens (primary N) is 1. The third-order valence-electron chi connectivity index (χ3n) is 9.64. The third kappa shape index (κ3) is 7.93. The Balaban J connectivity index is 1.44. The van der Waals surface area contributed by atoms with Crippen LogP contribution in [0.25, 0.3) is 0 Å². The summed E-state index contributed by atoms with van der Waals surface area (Å²) in [4.78, 5) is 13.9. The fourth-order valence-corrected chi connectivity index (χ4v) is 7.38. The number of ether oxygens (including phenoxy) is 1. The van der Waals surface area contributed by atoms with Crippen molar-refractivity contribution in [2.24, 2.45) is 22.9 Å². The van der Waals surface area contributed by atoms with E-state index in [2.05, 4.69) is 13.0 Å². The first-order valence-corrected chi connectivity index (χ1v) is 17.0. The summed E-state index contributed by atoms with van der Waals surface area (Å²) in [6.07, 6.45) is 8.31. The van der Waals surface area contributed by atoms with Crippen molar-refractivity contribution < 1.29 is 28.2 Å². The molecule has 4 rings (SSSR count). The van der Waals surface area contributed by atoms with Gasteiger partial charge in [0.2, 0.25) is 10.0 Å². The number of carboxylic acid groups (broad SMARTS) is 1. The number of anilines is 1. The van der Waals surface area contributed by atoms with Crippen LogP contribution in [-0.4, -0.2) is 56.2 Å². The highest BCUT2D eigenvalue weighted by Crippen LogP contribution is 2.42. The Morgan fingerprint density at radius 1 is 1.23 bits per heavy atom. The summed E-state index contributed by atoms with van der Waals surface area (Å²) < 4.78 is 29.7. The zero-order chi connectivity index (χ0) is 31.5. The first-order chi connectivity index (χ1) is 20.2. The zero-order valence-electron chi connectivity index (χ0n) is 25.5. The van der Waals surface area contributed by atoms with E-state index in [9.17, 15) is 23.4 Å². The summed E-state index contributed by atoms with van der Waals surface area (Å²) in [6, 6.07) is 11.0. The van der Waals surface area contributed by atoms with Crippen molar-refractivity contribution in [3.63, 3.8) is 0 Å². The number of aliphatic hydroxyl groups is 1. The molecule has 0 aromatic heterocycles. The van der Waals surface area contributed by atoms with Crippen LogP contribution in [0.2, 0.25) is 5.02 Å². The summed E-state index contributed by atoms with van der Waals surface area (Å²) in [5.74, 6) is -0.271. The van der Waals surface area contributed by atoms with Crippen molar-refractivity contribution in [2.45, 2.75) is 76.1 Å². The maximum Gasteiger partial charge on any atom is 0.335 e. The molecule has 0 unspecified atom stereocenters. The molecule has 2 aliphatic rings. The lowest BCUT2D eigenvalue weighted by Gasteiger charge is -2.42. The van der Waals surface area contributed by atoms with Crippen LogP contribution in [0.3, 0.4) is 0 Å². The minimum atomic E-state index is -3.61. The van der Waals surface area contributed by atoms with E-state index in [1.165, 1.54) is 11.1 Å². The normalized spacial score (nSPS) is 24.1. The van der Waals surface area contributed by atoms with Gasteiger partial charge in [-0.3, -0.25) is 0 Å². The monoisotopic (exact) mass is 632 g/mol. The van der Waals surface area contributed by atoms with Gasteiger partial charge in [0.05, 0.1) is 29.2 Å². The highest BCUT2D eigenvalue weighted by molar-refractivity contribution is 7.89. The number of aromatic carboxylic acids is 1. The van der Waals surface area contributed by atoms with Crippen molar-refractivity contribution in [1.82, 2.24) is 0 Å². The van der Waals surface area contributed by atoms with E-state index < -0.39 is 27.3 Å². The van der Waals surface area contributed by atoms with Gasteiger partial charge in [-0.1, -0.05) is 43.7 Å². The van der Waals surface area contributed by atoms with Gasteiger partial charge in [-0.05, 0) is 105 Å². The van der Waals surface area contributed by atoms with Gasteiger partial charge in [0, 0.05) is 24.0 Å². The van der Waals surface area contributed by atoms with Gasteiger partial charge >= 0.3 is 5.97 Å². The number of nitrogens with zero attached hydrogens (tertiary/aromatic N) is 1. The molecule has 0 radical (unpaired) electrons. The largest absolute Gasteiger partial charge is 0.490 e. The predicted octanol–water partition coefficient (Wildman–Crippen LogP) is 5.79. The highest BCUT2D eigenvalue weighted by atomic mass is 35.5. The maximum absolute atomic E-state index is 11.8. The topological polar surface area (TPSA) is 130 Å². The van der Waals surface area contributed by atoms with E-state index in [1.807, 2.05) is 37.1 Å². The van der Waals surface area contributed by atoms with Crippen molar-refractivity contribution >= 4 is 33.3 Å². The Morgan fingerprint density at radius 2 is 1.98 bits per heavy atom. The molecular weight excluding hydrogens is 588 g/mol. The number of primary sulfonamides is 1. The van der Waals surface area contributed by atoms with Gasteiger partial charge in [-0.2, -0.15) is 0 Å². The maximum atomic E-state index is 11.8. The fourth-order valence-electron chi connectivity index (χ4n) is 6.43. The molecule has 1 fully saturated rings. The lowest BCUT2D eigenvalue weighted by atomic mass is 9.70. The predicted molar refractivity (Wildman–Crippen MR) is 172 cm³/mol. The number of carbonyl (C=O) groups is 1. The quantitative estimate of drug-likeness (QED) is 0.238. The number of allylic oxidation sites excluding steroid dienone is 1. The fraction of sp³-hybridized carbons (Fsp3) is 0.545. The molecule has 4 N–H and O–H groups in total. The van der Waals surface area contributed by atoms with Crippen LogP contribution in [0.1, 0.15) is 74.4 Å². The second-order valence-corrected chi connectivity index (χ2v) is 15.2. The van der Waals surface area contributed by atoms with Gasteiger partial charge in [0.25, 0.3) is 0 Å². The number of benzene rings is 2. The van der Waals surface area contributed by atoms with Gasteiger partial charge in [-0.15, -0.1) is 0 Å². The van der Waals surface area contributed by atoms with E-state index in [0.29, 0.717) is 31.0 Å². The Labute approximate surface area is 260 Å². The average Bonchev–Trinajstić information content (AvgIpc) is 2.93. The number of aryl methyl sites for hydroxylation is 1. The second kappa shape index (κ2) is 13.6. The summed E-state index contributed by atoms with van der Waals surface area (Å²) in [6.45, 7) is 6.72. The van der Waals surface area contributed by atoms with Crippen molar-refractivity contribution in [3.05, 3.63) is 70.3 Å². The Bertz CT molecular complexity index is 1450. The first-order valence-electron chi connectivity index (χ1n) is 15.1. The summed E-state index contributed by atoms with van der Waals surface area (Å²) in [5.41, 5.74) is 3.19. The van der Waals surface area contributed by atoms with Crippen LogP contribution >= 0.6 is 11.6 Å². The molecule has 0 heterocycles. The molecular formula is C33H45ClN2O6S. The number of sulfonamides is 1. The van der Waals surface area contributed by atoms with Crippen molar-refractivity contribution in [3.8, 4) is 5.75 Å². The molecule has 2 aliphatic carbocycles. The number of hydrogen-bond donors (Lipinski definition) is 3. The minimum Gasteiger partial charge on any atom is -0.490 e. The average molecular weight is 633 g/mol. The van der Waals surface area contributed by atoms with Crippen LogP contribution in [0.4, 0.5) is 5.69 Å². The minimum absolute atomic E-state index is 0.0566. The molecule has 1 saturated carbocycles. The molecule has 0 bridgehead atoms. The Morgan fingerprint density at radius 3 is 2.63 bits per heavy atom. The molecule has 236 valence electrons. The van der Waals surface area contributed by atoms with Gasteiger partial charge in [0.15, 0.2) is 0 Å². The SMILES string of the molecule is C[C@H](C/C=C/[C@H](O)[C@@H]1CC[C@H]1CN(C)c1cc(C(=O)O)ccc1OC[C@@]1(C)CCCc2cc(Cl)ccc21)[C@@H](C)S(N)(=O)=O. The van der Waals surface area contributed by atoms with Crippen LogP contribution in [-0.2, 0) is 21.9 Å². The molecule has 10 heteroatoms. The van der Waals surface area contributed by atoms with Crippen molar-refractivity contribution in [1.29, 1.82) is 0 Å². The molecule has 8 nitrogen and oxygen atoms in total. The lowest BCUT2D eigenvalue weighted by molar-refractivity contribution is 0.0466. The van der Waals surface area contributed by atoms with E-state index in [0.717, 1.165) is 37.1 Å². The Kier molecular flexibility index (Phi) is 10.5. The van der Waals surface area contributed by atoms with Gasteiger partial charge in [-0.25, -0.2) is 18.4 Å². The van der Waals surface area contributed by atoms with Crippen LogP contribution in [0.5, 0.6) is 5.75 Å². The molecule has 0 amide bonds.